The molecule has 1 rings (SSSR count). The largest absolute Gasteiger partial charge is 0.351 e. The Bertz CT molecular complexity index is 230. The summed E-state index contributed by atoms with van der Waals surface area (Å²) < 4.78 is 10.9. The van der Waals surface area contributed by atoms with Gasteiger partial charge in [0.1, 0.15) is 0 Å². The number of hydrogen-bond donors (Lipinski definition) is 1. The normalized spacial score (nSPS) is 20.3. The van der Waals surface area contributed by atoms with E-state index in [4.69, 9.17) is 9.47 Å². The molecule has 88 valence electrons. The van der Waals surface area contributed by atoms with Gasteiger partial charge in [-0.3, -0.25) is 4.79 Å². The molecule has 1 aliphatic carbocycles. The van der Waals surface area contributed by atoms with Gasteiger partial charge in [-0.15, -0.1) is 0 Å². The molecule has 0 aromatic heterocycles. The molecule has 1 saturated carbocycles. The average Bonchev–Trinajstić information content (AvgIpc) is 2.65. The summed E-state index contributed by atoms with van der Waals surface area (Å²) in [6, 6.07) is 0. The highest BCUT2D eigenvalue weighted by Crippen LogP contribution is 2.40. The second-order valence-corrected chi connectivity index (χ2v) is 4.32. The van der Waals surface area contributed by atoms with Crippen LogP contribution < -0.4 is 5.32 Å². The fourth-order valence-corrected chi connectivity index (χ4v) is 2.48. The SMILES string of the molecule is COC(C)(OC)C1(NC(C)=O)CCCC1. The smallest absolute Gasteiger partial charge is 0.217 e. The van der Waals surface area contributed by atoms with Gasteiger partial charge in [-0.25, -0.2) is 0 Å². The van der Waals surface area contributed by atoms with E-state index in [1.165, 1.54) is 6.92 Å². The number of methoxy groups -OCH3 is 2. The highest BCUT2D eigenvalue weighted by Gasteiger charge is 2.51. The van der Waals surface area contributed by atoms with E-state index in [0.717, 1.165) is 25.7 Å². The molecular formula is C11H21NO3. The molecule has 0 bridgehead atoms. The molecule has 0 saturated heterocycles. The lowest BCUT2D eigenvalue weighted by atomic mass is 9.87. The number of carbonyl (C=O) groups excluding carboxylic acids is 1. The number of hydrogen-bond acceptors (Lipinski definition) is 3. The van der Waals surface area contributed by atoms with Crippen molar-refractivity contribution >= 4 is 5.91 Å². The number of amides is 1. The fraction of sp³-hybridized carbons (Fsp3) is 0.909. The van der Waals surface area contributed by atoms with Crippen molar-refractivity contribution in [2.24, 2.45) is 0 Å². The van der Waals surface area contributed by atoms with E-state index >= 15 is 0 Å². The van der Waals surface area contributed by atoms with Crippen LogP contribution in [0.15, 0.2) is 0 Å². The summed E-state index contributed by atoms with van der Waals surface area (Å²) in [4.78, 5) is 11.3. The summed E-state index contributed by atoms with van der Waals surface area (Å²) in [6.07, 6.45) is 4.01. The molecule has 0 spiro atoms. The van der Waals surface area contributed by atoms with Crippen molar-refractivity contribution in [2.45, 2.75) is 50.9 Å². The number of carbonyl (C=O) groups is 1. The molecule has 0 aliphatic heterocycles. The van der Waals surface area contributed by atoms with Gasteiger partial charge in [0.05, 0.1) is 5.54 Å². The Kier molecular flexibility index (Phi) is 3.73. The molecule has 0 atom stereocenters. The molecule has 0 heterocycles. The van der Waals surface area contributed by atoms with Crippen molar-refractivity contribution in [1.29, 1.82) is 0 Å². The number of ether oxygens (including phenoxy) is 2. The van der Waals surface area contributed by atoms with E-state index < -0.39 is 5.79 Å². The first kappa shape index (κ1) is 12.5. The molecule has 1 aliphatic rings. The molecule has 0 unspecified atom stereocenters. The van der Waals surface area contributed by atoms with Gasteiger partial charge in [-0.2, -0.15) is 0 Å². The van der Waals surface area contributed by atoms with Crippen molar-refractivity contribution in [2.75, 3.05) is 14.2 Å². The van der Waals surface area contributed by atoms with Crippen molar-refractivity contribution in [1.82, 2.24) is 5.32 Å². The van der Waals surface area contributed by atoms with Crippen molar-refractivity contribution in [3.8, 4) is 0 Å². The maximum absolute atomic E-state index is 11.3. The maximum atomic E-state index is 11.3. The van der Waals surface area contributed by atoms with Gasteiger partial charge >= 0.3 is 0 Å². The monoisotopic (exact) mass is 215 g/mol. The third kappa shape index (κ3) is 2.16. The van der Waals surface area contributed by atoms with E-state index in [1.807, 2.05) is 6.92 Å². The lowest BCUT2D eigenvalue weighted by molar-refractivity contribution is -0.241. The van der Waals surface area contributed by atoms with Crippen LogP contribution in [0.3, 0.4) is 0 Å². The van der Waals surface area contributed by atoms with E-state index in [-0.39, 0.29) is 11.4 Å². The summed E-state index contributed by atoms with van der Waals surface area (Å²) in [5.41, 5.74) is -0.373. The van der Waals surface area contributed by atoms with Crippen LogP contribution >= 0.6 is 0 Å². The minimum Gasteiger partial charge on any atom is -0.351 e. The van der Waals surface area contributed by atoms with Gasteiger partial charge in [-0.1, -0.05) is 12.8 Å². The maximum Gasteiger partial charge on any atom is 0.217 e. The van der Waals surface area contributed by atoms with Crippen molar-refractivity contribution < 1.29 is 14.3 Å². The quantitative estimate of drug-likeness (QED) is 0.722. The summed E-state index contributed by atoms with van der Waals surface area (Å²) >= 11 is 0. The fourth-order valence-electron chi connectivity index (χ4n) is 2.48. The van der Waals surface area contributed by atoms with Crippen LogP contribution in [0, 0.1) is 0 Å². The van der Waals surface area contributed by atoms with E-state index in [2.05, 4.69) is 5.32 Å². The van der Waals surface area contributed by atoms with E-state index in [1.54, 1.807) is 14.2 Å². The first-order valence-electron chi connectivity index (χ1n) is 5.39. The average molecular weight is 215 g/mol. The van der Waals surface area contributed by atoms with Gasteiger partial charge in [0.25, 0.3) is 0 Å². The molecule has 4 nitrogen and oxygen atoms in total. The van der Waals surface area contributed by atoms with Gasteiger partial charge < -0.3 is 14.8 Å². The zero-order valence-corrected chi connectivity index (χ0v) is 10.1. The number of rotatable bonds is 4. The highest BCUT2D eigenvalue weighted by molar-refractivity contribution is 5.74. The van der Waals surface area contributed by atoms with E-state index in [0.29, 0.717) is 0 Å². The van der Waals surface area contributed by atoms with Crippen molar-refractivity contribution in [3.05, 3.63) is 0 Å². The molecule has 1 fully saturated rings. The first-order chi connectivity index (χ1) is 6.99. The topological polar surface area (TPSA) is 47.6 Å². The van der Waals surface area contributed by atoms with Crippen molar-refractivity contribution in [3.63, 3.8) is 0 Å². The Balaban J connectivity index is 2.93. The standard InChI is InChI=1S/C11H21NO3/c1-9(13)12-11(7-5-6-8-11)10(2,14-3)15-4/h5-8H2,1-4H3,(H,12,13). The predicted octanol–water partition coefficient (Wildman–Crippen LogP) is 1.44. The lowest BCUT2D eigenvalue weighted by Gasteiger charge is -2.44. The minimum atomic E-state index is -0.741. The van der Waals surface area contributed by atoms with Crippen LogP contribution in [0.25, 0.3) is 0 Å². The van der Waals surface area contributed by atoms with Crippen LogP contribution in [0.5, 0.6) is 0 Å². The Hall–Kier alpha value is -0.610. The molecule has 0 aromatic carbocycles. The van der Waals surface area contributed by atoms with Gasteiger partial charge in [0.15, 0.2) is 5.79 Å². The summed E-state index contributed by atoms with van der Waals surface area (Å²) in [5.74, 6) is -0.771. The third-order valence-corrected chi connectivity index (χ3v) is 3.52. The van der Waals surface area contributed by atoms with Crippen LogP contribution in [0.2, 0.25) is 0 Å². The molecule has 0 radical (unpaired) electrons. The first-order valence-corrected chi connectivity index (χ1v) is 5.39. The molecule has 1 N–H and O–H groups in total. The summed E-state index contributed by atoms with van der Waals surface area (Å²) in [5, 5.41) is 3.01. The lowest BCUT2D eigenvalue weighted by Crippen LogP contribution is -2.63. The Morgan fingerprint density at radius 3 is 2.07 bits per heavy atom. The molecular weight excluding hydrogens is 194 g/mol. The second-order valence-electron chi connectivity index (χ2n) is 4.32. The Morgan fingerprint density at radius 1 is 1.27 bits per heavy atom. The zero-order chi connectivity index (χ0) is 11.5. The zero-order valence-electron chi connectivity index (χ0n) is 10.1. The van der Waals surface area contributed by atoms with Crippen LogP contribution in [-0.4, -0.2) is 31.5 Å². The molecule has 0 aromatic rings. The highest BCUT2D eigenvalue weighted by atomic mass is 16.7. The van der Waals surface area contributed by atoms with Crippen LogP contribution in [0.1, 0.15) is 39.5 Å². The molecule has 4 heteroatoms. The van der Waals surface area contributed by atoms with Gasteiger partial charge in [0, 0.05) is 21.1 Å². The minimum absolute atomic E-state index is 0.0303. The van der Waals surface area contributed by atoms with E-state index in [9.17, 15) is 4.79 Å². The summed E-state index contributed by atoms with van der Waals surface area (Å²) in [7, 11) is 3.23. The Morgan fingerprint density at radius 2 is 1.73 bits per heavy atom. The molecule has 15 heavy (non-hydrogen) atoms. The Labute approximate surface area is 91.3 Å². The van der Waals surface area contributed by atoms with Gasteiger partial charge in [-0.05, 0) is 19.8 Å². The van der Waals surface area contributed by atoms with Crippen LogP contribution in [-0.2, 0) is 14.3 Å². The summed E-state index contributed by atoms with van der Waals surface area (Å²) in [6.45, 7) is 3.42. The molecule has 1 amide bonds. The third-order valence-electron chi connectivity index (χ3n) is 3.52. The second kappa shape index (κ2) is 4.49. The predicted molar refractivity (Wildman–Crippen MR) is 57.4 cm³/mol. The van der Waals surface area contributed by atoms with Crippen LogP contribution in [0.4, 0.5) is 0 Å². The van der Waals surface area contributed by atoms with Gasteiger partial charge in [0.2, 0.25) is 5.91 Å². The number of nitrogens with one attached hydrogen (secondary N) is 1.